The molecule has 0 saturated heterocycles. The van der Waals surface area contributed by atoms with E-state index in [4.69, 9.17) is 5.73 Å². The molecule has 86 valence electrons. The van der Waals surface area contributed by atoms with Crippen LogP contribution in [0.3, 0.4) is 0 Å². The Morgan fingerprint density at radius 3 is 2.69 bits per heavy atom. The summed E-state index contributed by atoms with van der Waals surface area (Å²) >= 11 is 0. The molecule has 0 unspecified atom stereocenters. The molecular weight excluding hydrogens is 221 g/mol. The largest absolute Gasteiger partial charge is 0.419 e. The Morgan fingerprint density at radius 1 is 1.31 bits per heavy atom. The van der Waals surface area contributed by atoms with Crippen LogP contribution in [0.25, 0.3) is 5.65 Å². The van der Waals surface area contributed by atoms with Crippen molar-refractivity contribution < 1.29 is 13.2 Å². The number of rotatable bonds is 2. The van der Waals surface area contributed by atoms with Crippen molar-refractivity contribution in [3.05, 3.63) is 29.7 Å². The summed E-state index contributed by atoms with van der Waals surface area (Å²) in [6.07, 6.45) is -0.655. The number of hydrogen-bond acceptors (Lipinski definition) is 3. The molecule has 0 saturated carbocycles. The summed E-state index contributed by atoms with van der Waals surface area (Å²) in [6, 6.07) is 0. The van der Waals surface area contributed by atoms with Gasteiger partial charge in [0.25, 0.3) is 0 Å². The summed E-state index contributed by atoms with van der Waals surface area (Å²) in [5.74, 6) is 0. The van der Waals surface area contributed by atoms with E-state index in [0.29, 0.717) is 18.6 Å². The topological polar surface area (TPSA) is 56.2 Å². The van der Waals surface area contributed by atoms with Crippen LogP contribution in [0.15, 0.2) is 18.6 Å². The number of nitrogens with two attached hydrogens (primary N) is 1. The van der Waals surface area contributed by atoms with E-state index in [0.717, 1.165) is 22.5 Å². The predicted molar refractivity (Wildman–Crippen MR) is 50.7 cm³/mol. The normalized spacial score (nSPS) is 12.2. The van der Waals surface area contributed by atoms with E-state index < -0.39 is 11.7 Å². The summed E-state index contributed by atoms with van der Waals surface area (Å²) in [7, 11) is 0. The van der Waals surface area contributed by atoms with Gasteiger partial charge in [-0.05, 0) is 13.0 Å². The Labute approximate surface area is 88.9 Å². The van der Waals surface area contributed by atoms with Gasteiger partial charge in [0.1, 0.15) is 0 Å². The van der Waals surface area contributed by atoms with Gasteiger partial charge in [0.05, 0.1) is 11.8 Å². The minimum absolute atomic E-state index is 0.407. The summed E-state index contributed by atoms with van der Waals surface area (Å²) < 4.78 is 38.2. The molecule has 0 amide bonds. The Morgan fingerprint density at radius 2 is 2.06 bits per heavy atom. The molecule has 0 bridgehead atoms. The van der Waals surface area contributed by atoms with Crippen molar-refractivity contribution >= 4 is 5.65 Å². The molecular formula is C9H9F3N4. The lowest BCUT2D eigenvalue weighted by Gasteiger charge is -2.05. The summed E-state index contributed by atoms with van der Waals surface area (Å²) in [5, 5.41) is 3.81. The minimum Gasteiger partial charge on any atom is -0.330 e. The zero-order valence-electron chi connectivity index (χ0n) is 8.20. The van der Waals surface area contributed by atoms with Gasteiger partial charge in [-0.2, -0.15) is 18.3 Å². The molecule has 2 aromatic heterocycles. The molecule has 2 heterocycles. The Bertz CT molecular complexity index is 503. The van der Waals surface area contributed by atoms with Gasteiger partial charge in [-0.1, -0.05) is 0 Å². The Kier molecular flexibility index (Phi) is 2.55. The SMILES string of the molecule is NCCc1cnn2cc(C(F)(F)F)cnc12. The summed E-state index contributed by atoms with van der Waals surface area (Å²) in [4.78, 5) is 3.75. The van der Waals surface area contributed by atoms with Crippen LogP contribution in [0.2, 0.25) is 0 Å². The highest BCUT2D eigenvalue weighted by atomic mass is 19.4. The van der Waals surface area contributed by atoms with Gasteiger partial charge in [-0.25, -0.2) is 9.50 Å². The van der Waals surface area contributed by atoms with Crippen molar-refractivity contribution in [3.8, 4) is 0 Å². The Hall–Kier alpha value is -1.63. The highest BCUT2D eigenvalue weighted by Crippen LogP contribution is 2.28. The average Bonchev–Trinajstić information content (AvgIpc) is 2.60. The first kappa shape index (κ1) is 10.9. The second-order valence-corrected chi connectivity index (χ2v) is 3.32. The average molecular weight is 230 g/mol. The molecule has 2 aromatic rings. The maximum absolute atomic E-state index is 12.4. The fraction of sp³-hybridized carbons (Fsp3) is 0.333. The molecule has 0 atom stereocenters. The van der Waals surface area contributed by atoms with E-state index in [9.17, 15) is 13.2 Å². The van der Waals surface area contributed by atoms with Gasteiger partial charge < -0.3 is 5.73 Å². The number of nitrogens with zero attached hydrogens (tertiary/aromatic N) is 3. The van der Waals surface area contributed by atoms with E-state index in [-0.39, 0.29) is 0 Å². The predicted octanol–water partition coefficient (Wildman–Crippen LogP) is 1.25. The molecule has 7 heteroatoms. The van der Waals surface area contributed by atoms with Gasteiger partial charge >= 0.3 is 6.18 Å². The fourth-order valence-corrected chi connectivity index (χ4v) is 1.40. The smallest absolute Gasteiger partial charge is 0.330 e. The van der Waals surface area contributed by atoms with Crippen LogP contribution >= 0.6 is 0 Å². The van der Waals surface area contributed by atoms with Gasteiger partial charge in [0, 0.05) is 18.0 Å². The fourth-order valence-electron chi connectivity index (χ4n) is 1.40. The van der Waals surface area contributed by atoms with Crippen molar-refractivity contribution in [2.45, 2.75) is 12.6 Å². The van der Waals surface area contributed by atoms with Gasteiger partial charge in [0.15, 0.2) is 5.65 Å². The maximum atomic E-state index is 12.4. The standard InChI is InChI=1S/C9H9F3N4/c10-9(11,12)7-4-14-8-6(1-2-13)3-15-16(8)5-7/h3-5H,1-2,13H2. The molecule has 2 rings (SSSR count). The van der Waals surface area contributed by atoms with Crippen molar-refractivity contribution in [3.63, 3.8) is 0 Å². The number of alkyl halides is 3. The van der Waals surface area contributed by atoms with Crippen LogP contribution in [0, 0.1) is 0 Å². The number of halogens is 3. The van der Waals surface area contributed by atoms with Crippen LogP contribution in [0.4, 0.5) is 13.2 Å². The van der Waals surface area contributed by atoms with E-state index in [1.165, 1.54) is 6.20 Å². The van der Waals surface area contributed by atoms with Crippen LogP contribution in [0.5, 0.6) is 0 Å². The van der Waals surface area contributed by atoms with Crippen LogP contribution < -0.4 is 5.73 Å². The third-order valence-corrected chi connectivity index (χ3v) is 2.17. The second-order valence-electron chi connectivity index (χ2n) is 3.32. The molecule has 0 aliphatic carbocycles. The van der Waals surface area contributed by atoms with Crippen molar-refractivity contribution in [2.75, 3.05) is 6.54 Å². The van der Waals surface area contributed by atoms with E-state index in [2.05, 4.69) is 10.1 Å². The molecule has 0 aromatic carbocycles. The molecule has 0 spiro atoms. The zero-order valence-corrected chi connectivity index (χ0v) is 8.20. The van der Waals surface area contributed by atoms with E-state index >= 15 is 0 Å². The number of hydrogen-bond donors (Lipinski definition) is 1. The highest BCUT2D eigenvalue weighted by Gasteiger charge is 2.31. The lowest BCUT2D eigenvalue weighted by Crippen LogP contribution is -2.08. The molecule has 0 aliphatic heterocycles. The van der Waals surface area contributed by atoms with Gasteiger partial charge in [-0.15, -0.1) is 0 Å². The van der Waals surface area contributed by atoms with Crippen molar-refractivity contribution in [1.29, 1.82) is 0 Å². The lowest BCUT2D eigenvalue weighted by molar-refractivity contribution is -0.138. The molecule has 16 heavy (non-hydrogen) atoms. The van der Waals surface area contributed by atoms with Gasteiger partial charge in [-0.3, -0.25) is 0 Å². The molecule has 0 radical (unpaired) electrons. The highest BCUT2D eigenvalue weighted by molar-refractivity contribution is 5.46. The quantitative estimate of drug-likeness (QED) is 0.844. The van der Waals surface area contributed by atoms with Crippen molar-refractivity contribution in [1.82, 2.24) is 14.6 Å². The number of aromatic nitrogens is 3. The first-order valence-electron chi connectivity index (χ1n) is 4.62. The molecule has 4 nitrogen and oxygen atoms in total. The van der Waals surface area contributed by atoms with Crippen LogP contribution in [-0.4, -0.2) is 21.1 Å². The summed E-state index contributed by atoms with van der Waals surface area (Å²) in [6.45, 7) is 0.407. The lowest BCUT2D eigenvalue weighted by atomic mass is 10.2. The van der Waals surface area contributed by atoms with Crippen LogP contribution in [-0.2, 0) is 12.6 Å². The monoisotopic (exact) mass is 230 g/mol. The second kappa shape index (κ2) is 3.75. The molecule has 2 N–H and O–H groups in total. The third kappa shape index (κ3) is 1.85. The van der Waals surface area contributed by atoms with Crippen molar-refractivity contribution in [2.24, 2.45) is 5.73 Å². The van der Waals surface area contributed by atoms with E-state index in [1.807, 2.05) is 0 Å². The first-order valence-corrected chi connectivity index (χ1v) is 4.62. The molecule has 0 aliphatic rings. The maximum Gasteiger partial charge on any atom is 0.419 e. The summed E-state index contributed by atoms with van der Waals surface area (Å²) in [5.41, 5.74) is 5.71. The molecule has 0 fully saturated rings. The third-order valence-electron chi connectivity index (χ3n) is 2.17. The first-order chi connectivity index (χ1) is 7.52. The number of fused-ring (bicyclic) bond motifs is 1. The van der Waals surface area contributed by atoms with Gasteiger partial charge in [0.2, 0.25) is 0 Å². The zero-order chi connectivity index (χ0) is 11.8. The van der Waals surface area contributed by atoms with Crippen LogP contribution in [0.1, 0.15) is 11.1 Å². The minimum atomic E-state index is -4.40. The van der Waals surface area contributed by atoms with E-state index in [1.54, 1.807) is 0 Å². The Balaban J connectivity index is 2.49.